The highest BCUT2D eigenvalue weighted by Gasteiger charge is 2.47. The second kappa shape index (κ2) is 3.89. The molecule has 2 aliphatic carbocycles. The Kier molecular flexibility index (Phi) is 2.46. The van der Waals surface area contributed by atoms with Gasteiger partial charge in [0.15, 0.2) is 11.5 Å². The van der Waals surface area contributed by atoms with Gasteiger partial charge in [-0.3, -0.25) is 0 Å². The fourth-order valence-corrected chi connectivity index (χ4v) is 3.40. The Labute approximate surface area is 121 Å². The predicted molar refractivity (Wildman–Crippen MR) is 76.8 cm³/mol. The number of nitrogens with two attached hydrogens (primary N) is 1. The van der Waals surface area contributed by atoms with E-state index in [1.807, 2.05) is 0 Å². The summed E-state index contributed by atoms with van der Waals surface area (Å²) in [6.07, 6.45) is 4.80. The zero-order valence-corrected chi connectivity index (χ0v) is 12.5. The van der Waals surface area contributed by atoms with Gasteiger partial charge in [-0.2, -0.15) is 0 Å². The number of benzene rings is 1. The van der Waals surface area contributed by atoms with Gasteiger partial charge >= 0.3 is 0 Å². The molecular formula is C15H18BrNO2. The summed E-state index contributed by atoms with van der Waals surface area (Å²) in [4.78, 5) is 0. The van der Waals surface area contributed by atoms with Gasteiger partial charge in [0.2, 0.25) is 0 Å². The first-order valence-electron chi connectivity index (χ1n) is 6.96. The number of halogens is 1. The molecule has 3 nitrogen and oxygen atoms in total. The van der Waals surface area contributed by atoms with Crippen molar-refractivity contribution in [2.24, 2.45) is 11.1 Å². The van der Waals surface area contributed by atoms with E-state index in [0.29, 0.717) is 6.54 Å². The highest BCUT2D eigenvalue weighted by atomic mass is 79.9. The lowest BCUT2D eigenvalue weighted by molar-refractivity contribution is 0.196. The summed E-state index contributed by atoms with van der Waals surface area (Å²) >= 11 is 3.63. The fourth-order valence-electron chi connectivity index (χ4n) is 2.85. The zero-order chi connectivity index (χ0) is 13.1. The maximum Gasteiger partial charge on any atom is 0.175 e. The molecule has 4 rings (SSSR count). The molecule has 3 aliphatic rings. The number of fused-ring (bicyclic) bond motifs is 1. The van der Waals surface area contributed by atoms with Crippen LogP contribution in [0.25, 0.3) is 0 Å². The van der Waals surface area contributed by atoms with Crippen molar-refractivity contribution in [3.05, 3.63) is 22.2 Å². The number of ether oxygens (including phenoxy) is 2. The van der Waals surface area contributed by atoms with Gasteiger partial charge in [-0.1, -0.05) is 0 Å². The summed E-state index contributed by atoms with van der Waals surface area (Å²) in [5, 5.41) is 0. The fraction of sp³-hybridized carbons (Fsp3) is 0.600. The van der Waals surface area contributed by atoms with Gasteiger partial charge in [0.05, 0.1) is 17.7 Å². The molecular weight excluding hydrogens is 306 g/mol. The van der Waals surface area contributed by atoms with Crippen molar-refractivity contribution in [2.45, 2.75) is 31.1 Å². The van der Waals surface area contributed by atoms with Gasteiger partial charge in [-0.05, 0) is 59.3 Å². The van der Waals surface area contributed by atoms with Crippen LogP contribution in [0.5, 0.6) is 11.5 Å². The van der Waals surface area contributed by atoms with E-state index in [0.717, 1.165) is 29.2 Å². The van der Waals surface area contributed by atoms with E-state index in [9.17, 15) is 0 Å². The van der Waals surface area contributed by atoms with Gasteiger partial charge in [0.25, 0.3) is 0 Å². The van der Waals surface area contributed by atoms with Crippen molar-refractivity contribution < 1.29 is 9.47 Å². The average Bonchev–Trinajstić information content (AvgIpc) is 3.30. The molecule has 2 saturated carbocycles. The van der Waals surface area contributed by atoms with Crippen LogP contribution >= 0.6 is 15.9 Å². The summed E-state index contributed by atoms with van der Waals surface area (Å²) in [7, 11) is 0. The van der Waals surface area contributed by atoms with E-state index in [-0.39, 0.29) is 10.8 Å². The van der Waals surface area contributed by atoms with Crippen LogP contribution in [0.1, 0.15) is 31.2 Å². The molecule has 1 aromatic rings. The molecule has 1 aliphatic heterocycles. The minimum Gasteiger partial charge on any atom is -0.489 e. The minimum absolute atomic E-state index is 0.185. The van der Waals surface area contributed by atoms with Crippen LogP contribution in [0.15, 0.2) is 16.6 Å². The van der Waals surface area contributed by atoms with E-state index in [1.54, 1.807) is 0 Å². The average molecular weight is 324 g/mol. The smallest absolute Gasteiger partial charge is 0.175 e. The third kappa shape index (κ3) is 1.88. The van der Waals surface area contributed by atoms with Crippen molar-refractivity contribution in [3.63, 3.8) is 0 Å². The number of hydrogen-bond acceptors (Lipinski definition) is 3. The van der Waals surface area contributed by atoms with Crippen LogP contribution in [0.3, 0.4) is 0 Å². The van der Waals surface area contributed by atoms with Gasteiger partial charge in [-0.25, -0.2) is 0 Å². The Morgan fingerprint density at radius 1 is 1.11 bits per heavy atom. The van der Waals surface area contributed by atoms with Crippen LogP contribution in [0.4, 0.5) is 0 Å². The molecule has 0 atom stereocenters. The normalized spacial score (nSPS) is 24.9. The zero-order valence-electron chi connectivity index (χ0n) is 10.9. The first-order valence-corrected chi connectivity index (χ1v) is 7.76. The topological polar surface area (TPSA) is 44.5 Å². The Balaban J connectivity index is 1.72. The lowest BCUT2D eigenvalue weighted by Crippen LogP contribution is -2.19. The molecule has 0 unspecified atom stereocenters. The molecule has 2 fully saturated rings. The lowest BCUT2D eigenvalue weighted by Gasteiger charge is -2.17. The molecule has 0 bridgehead atoms. The quantitative estimate of drug-likeness (QED) is 0.910. The predicted octanol–water partition coefficient (Wildman–Crippen LogP) is 2.99. The Morgan fingerprint density at radius 2 is 1.84 bits per heavy atom. The van der Waals surface area contributed by atoms with Crippen LogP contribution in [-0.4, -0.2) is 19.8 Å². The molecule has 1 heterocycles. The highest BCUT2D eigenvalue weighted by Crippen LogP contribution is 2.53. The van der Waals surface area contributed by atoms with Crippen molar-refractivity contribution >= 4 is 15.9 Å². The Bertz CT molecular complexity index is 535. The molecule has 19 heavy (non-hydrogen) atoms. The van der Waals surface area contributed by atoms with Crippen LogP contribution in [0, 0.1) is 5.41 Å². The first-order chi connectivity index (χ1) is 9.16. The van der Waals surface area contributed by atoms with E-state index in [4.69, 9.17) is 15.2 Å². The lowest BCUT2D eigenvalue weighted by atomic mass is 9.96. The molecule has 102 valence electrons. The SMILES string of the molecule is NCC1(c2cc(Br)c3c(c2)OCC2(CC2)CO3)CC1. The van der Waals surface area contributed by atoms with E-state index < -0.39 is 0 Å². The van der Waals surface area contributed by atoms with Crippen LogP contribution < -0.4 is 15.2 Å². The standard InChI is InChI=1S/C15H18BrNO2/c16-11-5-10(15(7-17)3-4-15)6-12-13(11)19-9-14(1-2-14)8-18-12/h5-6H,1-4,7-9,17H2. The minimum atomic E-state index is 0.185. The first kappa shape index (κ1) is 12.0. The molecule has 4 heteroatoms. The third-order valence-corrected chi connectivity index (χ3v) is 5.47. The van der Waals surface area contributed by atoms with Gasteiger partial charge in [0.1, 0.15) is 0 Å². The third-order valence-electron chi connectivity index (χ3n) is 4.88. The molecule has 0 amide bonds. The Morgan fingerprint density at radius 3 is 2.47 bits per heavy atom. The highest BCUT2D eigenvalue weighted by molar-refractivity contribution is 9.10. The molecule has 1 spiro atoms. The molecule has 0 radical (unpaired) electrons. The molecule has 1 aromatic carbocycles. The van der Waals surface area contributed by atoms with E-state index >= 15 is 0 Å². The monoisotopic (exact) mass is 323 g/mol. The van der Waals surface area contributed by atoms with Gasteiger partial charge in [-0.15, -0.1) is 0 Å². The van der Waals surface area contributed by atoms with Crippen LogP contribution in [0.2, 0.25) is 0 Å². The van der Waals surface area contributed by atoms with Crippen molar-refractivity contribution in [2.75, 3.05) is 19.8 Å². The number of hydrogen-bond donors (Lipinski definition) is 1. The molecule has 2 N–H and O–H groups in total. The van der Waals surface area contributed by atoms with E-state index in [1.165, 1.54) is 31.2 Å². The van der Waals surface area contributed by atoms with E-state index in [2.05, 4.69) is 28.1 Å². The largest absolute Gasteiger partial charge is 0.489 e. The maximum absolute atomic E-state index is 6.02. The van der Waals surface area contributed by atoms with Crippen molar-refractivity contribution in [1.29, 1.82) is 0 Å². The van der Waals surface area contributed by atoms with Crippen molar-refractivity contribution in [3.8, 4) is 11.5 Å². The molecule has 0 saturated heterocycles. The molecule has 0 aromatic heterocycles. The summed E-state index contributed by atoms with van der Waals surface area (Å²) in [5.41, 5.74) is 7.68. The second-order valence-corrected chi connectivity index (χ2v) is 7.20. The van der Waals surface area contributed by atoms with Gasteiger partial charge < -0.3 is 15.2 Å². The summed E-state index contributed by atoms with van der Waals surface area (Å²) < 4.78 is 13.0. The van der Waals surface area contributed by atoms with Gasteiger partial charge in [0, 0.05) is 17.4 Å². The second-order valence-electron chi connectivity index (χ2n) is 6.35. The van der Waals surface area contributed by atoms with Crippen molar-refractivity contribution in [1.82, 2.24) is 0 Å². The number of rotatable bonds is 2. The summed E-state index contributed by atoms with van der Waals surface area (Å²) in [5.74, 6) is 1.74. The van der Waals surface area contributed by atoms with Crippen LogP contribution in [-0.2, 0) is 5.41 Å². The summed E-state index contributed by atoms with van der Waals surface area (Å²) in [6, 6.07) is 4.30. The Hall–Kier alpha value is -0.740. The maximum atomic E-state index is 6.02. The summed E-state index contributed by atoms with van der Waals surface area (Å²) in [6.45, 7) is 2.27.